The minimum atomic E-state index is -0.982. The molecule has 0 fully saturated rings. The van der Waals surface area contributed by atoms with Gasteiger partial charge >= 0.3 is 0 Å². The van der Waals surface area contributed by atoms with Crippen LogP contribution in [0.2, 0.25) is 0 Å². The number of aliphatic hydroxyl groups excluding tert-OH is 2. The zero-order valence-electron chi connectivity index (χ0n) is 16.2. The number of hydrogen-bond acceptors (Lipinski definition) is 5. The summed E-state index contributed by atoms with van der Waals surface area (Å²) in [6, 6.07) is 19.1. The smallest absolute Gasteiger partial charge is 0.122 e. The summed E-state index contributed by atoms with van der Waals surface area (Å²) in [6.45, 7) is 2.31. The summed E-state index contributed by atoms with van der Waals surface area (Å²) in [4.78, 5) is 24.4. The van der Waals surface area contributed by atoms with Crippen molar-refractivity contribution in [3.63, 3.8) is 0 Å². The van der Waals surface area contributed by atoms with E-state index in [2.05, 4.69) is 4.90 Å². The molecule has 0 radical (unpaired) electrons. The average Bonchev–Trinajstić information content (AvgIpc) is 2.73. The molecule has 0 bridgehead atoms. The summed E-state index contributed by atoms with van der Waals surface area (Å²) >= 11 is 0. The lowest BCUT2D eigenvalue weighted by Crippen LogP contribution is -2.50. The molecule has 2 N–H and O–H groups in total. The third-order valence-electron chi connectivity index (χ3n) is 5.22. The molecule has 2 aromatic carbocycles. The van der Waals surface area contributed by atoms with E-state index in [4.69, 9.17) is 0 Å². The van der Waals surface area contributed by atoms with Crippen LogP contribution in [-0.4, -0.2) is 46.4 Å². The van der Waals surface area contributed by atoms with Gasteiger partial charge in [0, 0.05) is 44.0 Å². The van der Waals surface area contributed by atoms with Crippen LogP contribution in [0.5, 0.6) is 0 Å². The third kappa shape index (κ3) is 5.83. The Kier molecular flexibility index (Phi) is 9.01. The Morgan fingerprint density at radius 1 is 0.929 bits per heavy atom. The fraction of sp³-hybridized carbons (Fsp3) is 0.391. The van der Waals surface area contributed by atoms with E-state index in [1.165, 1.54) is 0 Å². The molecule has 2 rings (SSSR count). The molecule has 0 aliphatic heterocycles. The molecule has 4 atom stereocenters. The molecular weight excluding hydrogens is 354 g/mol. The average molecular weight is 383 g/mol. The van der Waals surface area contributed by atoms with Gasteiger partial charge in [0.05, 0.1) is 6.10 Å². The van der Waals surface area contributed by atoms with Gasteiger partial charge in [-0.25, -0.2) is 0 Å². The molecule has 0 heterocycles. The number of aliphatic hydroxyl groups is 2. The quantitative estimate of drug-likeness (QED) is 0.551. The van der Waals surface area contributed by atoms with Crippen LogP contribution in [0, 0.1) is 5.92 Å². The summed E-state index contributed by atoms with van der Waals surface area (Å²) < 4.78 is 0. The maximum Gasteiger partial charge on any atom is 0.122 e. The van der Waals surface area contributed by atoms with Crippen LogP contribution >= 0.6 is 0 Å². The maximum atomic E-state index is 11.2. The molecule has 28 heavy (non-hydrogen) atoms. The monoisotopic (exact) mass is 383 g/mol. The number of rotatable bonds is 12. The van der Waals surface area contributed by atoms with Crippen LogP contribution < -0.4 is 0 Å². The minimum Gasteiger partial charge on any atom is -0.396 e. The molecule has 150 valence electrons. The van der Waals surface area contributed by atoms with Crippen molar-refractivity contribution >= 4 is 12.6 Å². The van der Waals surface area contributed by atoms with Gasteiger partial charge in [-0.2, -0.15) is 0 Å². The van der Waals surface area contributed by atoms with E-state index in [1.54, 1.807) is 0 Å². The molecule has 0 saturated carbocycles. The summed E-state index contributed by atoms with van der Waals surface area (Å²) in [6.07, 6.45) is 0.525. The predicted molar refractivity (Wildman–Crippen MR) is 109 cm³/mol. The van der Waals surface area contributed by atoms with E-state index in [9.17, 15) is 19.8 Å². The second-order valence-corrected chi connectivity index (χ2v) is 7.05. The van der Waals surface area contributed by atoms with Crippen LogP contribution in [0.4, 0.5) is 0 Å². The van der Waals surface area contributed by atoms with Crippen LogP contribution in [0.15, 0.2) is 60.7 Å². The highest BCUT2D eigenvalue weighted by atomic mass is 16.3. The summed E-state index contributed by atoms with van der Waals surface area (Å²) in [5.41, 5.74) is 2.11. The van der Waals surface area contributed by atoms with Crippen LogP contribution in [0.1, 0.15) is 36.9 Å². The van der Waals surface area contributed by atoms with Gasteiger partial charge in [-0.1, -0.05) is 60.7 Å². The predicted octanol–water partition coefficient (Wildman–Crippen LogP) is 2.77. The van der Waals surface area contributed by atoms with Crippen molar-refractivity contribution in [2.24, 2.45) is 5.92 Å². The Morgan fingerprint density at radius 3 is 2.04 bits per heavy atom. The topological polar surface area (TPSA) is 77.8 Å². The van der Waals surface area contributed by atoms with Crippen LogP contribution in [0.25, 0.3) is 0 Å². The zero-order valence-corrected chi connectivity index (χ0v) is 16.2. The minimum absolute atomic E-state index is 0.0488. The van der Waals surface area contributed by atoms with Gasteiger partial charge < -0.3 is 19.8 Å². The zero-order chi connectivity index (χ0) is 20.4. The molecule has 0 spiro atoms. The number of nitrogens with zero attached hydrogens (tertiary/aromatic N) is 1. The van der Waals surface area contributed by atoms with Gasteiger partial charge in [0.25, 0.3) is 0 Å². The Bertz CT molecular complexity index is 707. The Labute approximate surface area is 166 Å². The van der Waals surface area contributed by atoms with E-state index < -0.39 is 18.1 Å². The van der Waals surface area contributed by atoms with Crippen molar-refractivity contribution in [3.8, 4) is 0 Å². The van der Waals surface area contributed by atoms with E-state index >= 15 is 0 Å². The highest BCUT2D eigenvalue weighted by molar-refractivity contribution is 5.51. The maximum absolute atomic E-state index is 11.2. The van der Waals surface area contributed by atoms with Crippen molar-refractivity contribution in [2.75, 3.05) is 6.61 Å². The van der Waals surface area contributed by atoms with Crippen LogP contribution in [0.3, 0.4) is 0 Å². The van der Waals surface area contributed by atoms with Gasteiger partial charge in [-0.15, -0.1) is 0 Å². The first-order valence-electron chi connectivity index (χ1n) is 9.63. The second-order valence-electron chi connectivity index (χ2n) is 7.05. The molecule has 0 unspecified atom stereocenters. The number of aldehydes is 2. The first-order chi connectivity index (χ1) is 13.6. The van der Waals surface area contributed by atoms with E-state index in [0.717, 1.165) is 17.4 Å². The van der Waals surface area contributed by atoms with Crippen molar-refractivity contribution < 1.29 is 19.8 Å². The summed E-state index contributed by atoms with van der Waals surface area (Å²) in [5, 5.41) is 20.7. The number of carbonyl (C=O) groups is 2. The normalized spacial score (nSPS) is 15.6. The molecule has 5 nitrogen and oxygen atoms in total. The lowest BCUT2D eigenvalue weighted by Gasteiger charge is -2.42. The van der Waals surface area contributed by atoms with Gasteiger partial charge in [0.2, 0.25) is 0 Å². The summed E-state index contributed by atoms with van der Waals surface area (Å²) in [7, 11) is 0. The molecule has 0 aromatic heterocycles. The molecule has 0 saturated heterocycles. The molecular formula is C23H29NO4. The SMILES string of the molecule is C[C@@H](c1ccccc1)N(Cc1ccccc1)[C@H]([C@@H](CO)CC=O)[C@H](O)CC=O. The third-order valence-corrected chi connectivity index (χ3v) is 5.22. The van der Waals surface area contributed by atoms with E-state index in [-0.39, 0.29) is 25.5 Å². The lowest BCUT2D eigenvalue weighted by atomic mass is 9.88. The van der Waals surface area contributed by atoms with Crippen molar-refractivity contribution in [1.82, 2.24) is 4.90 Å². The van der Waals surface area contributed by atoms with Crippen molar-refractivity contribution in [1.29, 1.82) is 0 Å². The second kappa shape index (κ2) is 11.5. The van der Waals surface area contributed by atoms with E-state index in [0.29, 0.717) is 12.8 Å². The largest absolute Gasteiger partial charge is 0.396 e. The molecule has 0 aliphatic rings. The fourth-order valence-electron chi connectivity index (χ4n) is 3.71. The van der Waals surface area contributed by atoms with Gasteiger partial charge in [-0.3, -0.25) is 4.90 Å². The Balaban J connectivity index is 2.46. The Hall–Kier alpha value is -2.34. The number of benzene rings is 2. The molecule has 0 amide bonds. The number of hydrogen-bond donors (Lipinski definition) is 2. The highest BCUT2D eigenvalue weighted by Gasteiger charge is 2.35. The van der Waals surface area contributed by atoms with Crippen LogP contribution in [-0.2, 0) is 16.1 Å². The summed E-state index contributed by atoms with van der Waals surface area (Å²) in [5.74, 6) is -0.470. The van der Waals surface area contributed by atoms with Gasteiger partial charge in [0.15, 0.2) is 0 Å². The molecule has 0 aliphatic carbocycles. The first kappa shape index (κ1) is 22.0. The standard InChI is InChI=1S/C23H29NO4/c1-18(20-10-6-3-7-11-20)24(16-19-8-4-2-5-9-19)23(22(28)13-15-26)21(17-27)12-14-25/h2-11,14-15,18,21-23,27-28H,12-13,16-17H2,1H3/t18-,21+,22+,23+/m0/s1. The molecule has 5 heteroatoms. The highest BCUT2D eigenvalue weighted by Crippen LogP contribution is 2.31. The van der Waals surface area contributed by atoms with Gasteiger partial charge in [-0.05, 0) is 18.1 Å². The fourth-order valence-corrected chi connectivity index (χ4v) is 3.71. The lowest BCUT2D eigenvalue weighted by molar-refractivity contribution is -0.113. The van der Waals surface area contributed by atoms with Gasteiger partial charge in [0.1, 0.15) is 12.6 Å². The van der Waals surface area contributed by atoms with Crippen molar-refractivity contribution in [3.05, 3.63) is 71.8 Å². The van der Waals surface area contributed by atoms with E-state index in [1.807, 2.05) is 67.6 Å². The number of carbonyl (C=O) groups excluding carboxylic acids is 2. The first-order valence-corrected chi connectivity index (χ1v) is 9.63. The van der Waals surface area contributed by atoms with Crippen molar-refractivity contribution in [2.45, 2.75) is 44.5 Å². The molecule has 2 aromatic rings. The Morgan fingerprint density at radius 2 is 1.50 bits per heavy atom.